The van der Waals surface area contributed by atoms with Gasteiger partial charge in [0.05, 0.1) is 0 Å². The van der Waals surface area contributed by atoms with E-state index in [2.05, 4.69) is 0 Å². The minimum atomic E-state index is -0.343. The fraction of sp³-hybridized carbons (Fsp3) is 0.875. The second-order valence-corrected chi connectivity index (χ2v) is 5.75. The average Bonchev–Trinajstić information content (AvgIpc) is 2.31. The first-order chi connectivity index (χ1) is 9.18. The van der Waals surface area contributed by atoms with Crippen LogP contribution in [0.15, 0.2) is 0 Å². The van der Waals surface area contributed by atoms with Gasteiger partial charge in [-0.15, -0.1) is 0 Å². The number of hydrogen-bond donors (Lipinski definition) is 0. The van der Waals surface area contributed by atoms with Crippen LogP contribution in [0.3, 0.4) is 0 Å². The van der Waals surface area contributed by atoms with Crippen molar-refractivity contribution < 1.29 is 14.3 Å². The van der Waals surface area contributed by atoms with E-state index in [0.29, 0.717) is 0 Å². The van der Waals surface area contributed by atoms with Crippen molar-refractivity contribution >= 4 is 11.8 Å². The van der Waals surface area contributed by atoms with Crippen LogP contribution in [0, 0.1) is 0 Å². The highest BCUT2D eigenvalue weighted by atomic mass is 16.5. The zero-order valence-corrected chi connectivity index (χ0v) is 12.3. The Balaban J connectivity index is 2.33. The smallest absolute Gasteiger partial charge is 0.313 e. The Kier molecular flexibility index (Phi) is 8.52. The lowest BCUT2D eigenvalue weighted by Gasteiger charge is -2.18. The normalized spacial score (nSPS) is 20.1. The first kappa shape index (κ1) is 16.2. The largest absolute Gasteiger partial charge is 0.462 e. The lowest BCUT2D eigenvalue weighted by atomic mass is 9.99. The average molecular weight is 268 g/mol. The molecule has 3 nitrogen and oxygen atoms in total. The van der Waals surface area contributed by atoms with Crippen LogP contribution in [-0.4, -0.2) is 17.9 Å². The van der Waals surface area contributed by atoms with Crippen molar-refractivity contribution in [3.63, 3.8) is 0 Å². The van der Waals surface area contributed by atoms with Gasteiger partial charge in [0.2, 0.25) is 0 Å². The monoisotopic (exact) mass is 268 g/mol. The molecule has 1 aliphatic rings. The Hall–Kier alpha value is -0.860. The fourth-order valence-electron chi connectivity index (χ4n) is 2.67. The lowest BCUT2D eigenvalue weighted by molar-refractivity contribution is -0.151. The van der Waals surface area contributed by atoms with Gasteiger partial charge in [0.25, 0.3) is 0 Å². The molecule has 0 aromatic carbocycles. The standard InChI is InChI=1S/C16H28O3/c1-14(17)13-16(18)19-15-11-9-7-5-3-2-4-6-8-10-12-15/h15H,2-13H2,1H3. The molecule has 1 rings (SSSR count). The number of ether oxygens (including phenoxy) is 1. The number of carbonyl (C=O) groups excluding carboxylic acids is 2. The number of esters is 1. The highest BCUT2D eigenvalue weighted by molar-refractivity contribution is 5.94. The molecule has 1 aliphatic carbocycles. The molecule has 0 unspecified atom stereocenters. The molecule has 0 aromatic rings. The van der Waals surface area contributed by atoms with Crippen LogP contribution in [0.4, 0.5) is 0 Å². The quantitative estimate of drug-likeness (QED) is 0.569. The van der Waals surface area contributed by atoms with E-state index in [9.17, 15) is 9.59 Å². The molecule has 1 fully saturated rings. The number of ketones is 1. The van der Waals surface area contributed by atoms with Crippen LogP contribution in [0.25, 0.3) is 0 Å². The molecule has 0 saturated heterocycles. The molecule has 0 amide bonds. The van der Waals surface area contributed by atoms with Crippen LogP contribution in [0.5, 0.6) is 0 Å². The number of rotatable bonds is 3. The van der Waals surface area contributed by atoms with E-state index in [0.717, 1.165) is 25.7 Å². The number of carbonyl (C=O) groups is 2. The maximum absolute atomic E-state index is 11.6. The van der Waals surface area contributed by atoms with Gasteiger partial charge in [-0.1, -0.05) is 44.9 Å². The summed E-state index contributed by atoms with van der Waals surface area (Å²) in [6, 6.07) is 0. The third-order valence-corrected chi connectivity index (χ3v) is 3.74. The third-order valence-electron chi connectivity index (χ3n) is 3.74. The number of Topliss-reactive ketones (excluding diaryl/α,β-unsaturated/α-hetero) is 1. The second-order valence-electron chi connectivity index (χ2n) is 5.75. The highest BCUT2D eigenvalue weighted by Crippen LogP contribution is 2.19. The summed E-state index contributed by atoms with van der Waals surface area (Å²) in [5.41, 5.74) is 0. The summed E-state index contributed by atoms with van der Waals surface area (Å²) in [7, 11) is 0. The van der Waals surface area contributed by atoms with Crippen LogP contribution in [0.2, 0.25) is 0 Å². The van der Waals surface area contributed by atoms with E-state index in [1.165, 1.54) is 51.9 Å². The molecular weight excluding hydrogens is 240 g/mol. The molecule has 0 aromatic heterocycles. The van der Waals surface area contributed by atoms with Gasteiger partial charge in [-0.05, 0) is 32.6 Å². The molecule has 110 valence electrons. The van der Waals surface area contributed by atoms with Gasteiger partial charge in [0, 0.05) is 0 Å². The second kappa shape index (κ2) is 9.99. The zero-order valence-electron chi connectivity index (χ0n) is 12.3. The Bertz CT molecular complexity index is 261. The molecule has 0 aliphatic heterocycles. The van der Waals surface area contributed by atoms with Crippen LogP contribution >= 0.6 is 0 Å². The van der Waals surface area contributed by atoms with Crippen LogP contribution in [-0.2, 0) is 14.3 Å². The minimum Gasteiger partial charge on any atom is -0.462 e. The molecule has 1 saturated carbocycles. The van der Waals surface area contributed by atoms with E-state index in [1.54, 1.807) is 0 Å². The highest BCUT2D eigenvalue weighted by Gasteiger charge is 2.15. The molecular formula is C16H28O3. The topological polar surface area (TPSA) is 43.4 Å². The van der Waals surface area contributed by atoms with Crippen molar-refractivity contribution in [2.75, 3.05) is 0 Å². The lowest BCUT2D eigenvalue weighted by Crippen LogP contribution is -2.20. The predicted molar refractivity (Wildman–Crippen MR) is 76.0 cm³/mol. The van der Waals surface area contributed by atoms with E-state index in [1.807, 2.05) is 0 Å². The van der Waals surface area contributed by atoms with Gasteiger partial charge in [-0.3, -0.25) is 9.59 Å². The van der Waals surface area contributed by atoms with Gasteiger partial charge in [0.1, 0.15) is 18.3 Å². The molecule has 19 heavy (non-hydrogen) atoms. The first-order valence-electron chi connectivity index (χ1n) is 7.87. The summed E-state index contributed by atoms with van der Waals surface area (Å²) in [6.07, 6.45) is 13.3. The molecule has 0 atom stereocenters. The van der Waals surface area contributed by atoms with Gasteiger partial charge < -0.3 is 4.74 Å². The van der Waals surface area contributed by atoms with Crippen molar-refractivity contribution in [3.05, 3.63) is 0 Å². The zero-order chi connectivity index (χ0) is 13.9. The van der Waals surface area contributed by atoms with Crippen LogP contribution < -0.4 is 0 Å². The van der Waals surface area contributed by atoms with E-state index < -0.39 is 0 Å². The van der Waals surface area contributed by atoms with Gasteiger partial charge in [0.15, 0.2) is 0 Å². The van der Waals surface area contributed by atoms with Crippen LogP contribution in [0.1, 0.15) is 84.0 Å². The van der Waals surface area contributed by atoms with Crippen molar-refractivity contribution in [2.24, 2.45) is 0 Å². The summed E-state index contributed by atoms with van der Waals surface area (Å²) >= 11 is 0. The summed E-state index contributed by atoms with van der Waals surface area (Å²) in [5, 5.41) is 0. The SMILES string of the molecule is CC(=O)CC(=O)OC1CCCCCCCCCCC1. The van der Waals surface area contributed by atoms with Gasteiger partial charge >= 0.3 is 5.97 Å². The maximum Gasteiger partial charge on any atom is 0.313 e. The minimum absolute atomic E-state index is 0.0336. The van der Waals surface area contributed by atoms with Gasteiger partial charge in [-0.2, -0.15) is 0 Å². The molecule has 0 N–H and O–H groups in total. The predicted octanol–water partition coefficient (Wildman–Crippen LogP) is 4.18. The summed E-state index contributed by atoms with van der Waals surface area (Å²) in [4.78, 5) is 22.5. The number of hydrogen-bond acceptors (Lipinski definition) is 3. The summed E-state index contributed by atoms with van der Waals surface area (Å²) < 4.78 is 5.45. The Morgan fingerprint density at radius 3 is 1.68 bits per heavy atom. The molecule has 0 bridgehead atoms. The third kappa shape index (κ3) is 8.79. The summed E-state index contributed by atoms with van der Waals surface area (Å²) in [5.74, 6) is -0.456. The Morgan fingerprint density at radius 1 is 0.842 bits per heavy atom. The van der Waals surface area contributed by atoms with Crippen molar-refractivity contribution in [3.8, 4) is 0 Å². The summed E-state index contributed by atoms with van der Waals surface area (Å²) in [6.45, 7) is 1.43. The van der Waals surface area contributed by atoms with E-state index >= 15 is 0 Å². The first-order valence-corrected chi connectivity index (χ1v) is 7.87. The molecule has 3 heteroatoms. The fourth-order valence-corrected chi connectivity index (χ4v) is 2.67. The Labute approximate surface area is 117 Å². The maximum atomic E-state index is 11.6. The molecule has 0 radical (unpaired) electrons. The van der Waals surface area contributed by atoms with Crippen molar-refractivity contribution in [1.82, 2.24) is 0 Å². The van der Waals surface area contributed by atoms with E-state index in [4.69, 9.17) is 4.74 Å². The molecule has 0 heterocycles. The van der Waals surface area contributed by atoms with E-state index in [-0.39, 0.29) is 24.3 Å². The van der Waals surface area contributed by atoms with Crippen molar-refractivity contribution in [2.45, 2.75) is 90.1 Å². The van der Waals surface area contributed by atoms with Gasteiger partial charge in [-0.25, -0.2) is 0 Å². The Morgan fingerprint density at radius 2 is 1.26 bits per heavy atom. The molecule has 0 spiro atoms. The van der Waals surface area contributed by atoms with Crippen molar-refractivity contribution in [1.29, 1.82) is 0 Å².